The summed E-state index contributed by atoms with van der Waals surface area (Å²) in [5.41, 5.74) is 0. The van der Waals surface area contributed by atoms with Crippen LogP contribution in [0, 0.1) is 5.92 Å². The van der Waals surface area contributed by atoms with Crippen molar-refractivity contribution in [3.8, 4) is 5.75 Å². The first kappa shape index (κ1) is 17.4. The Morgan fingerprint density at radius 1 is 1.30 bits per heavy atom. The lowest BCUT2D eigenvalue weighted by atomic mass is 10.1. The van der Waals surface area contributed by atoms with Crippen molar-refractivity contribution in [1.29, 1.82) is 0 Å². The van der Waals surface area contributed by atoms with E-state index < -0.39 is 0 Å². The molecule has 112 valence electrons. The Morgan fingerprint density at radius 2 is 1.95 bits per heavy atom. The van der Waals surface area contributed by atoms with E-state index >= 15 is 0 Å². The minimum absolute atomic E-state index is 0.0971. The monoisotopic (exact) mass is 359 g/mol. The highest BCUT2D eigenvalue weighted by atomic mass is 79.9. The zero-order valence-electron chi connectivity index (χ0n) is 12.2. The number of rotatable bonds is 8. The first-order chi connectivity index (χ1) is 9.49. The van der Waals surface area contributed by atoms with E-state index in [1.54, 1.807) is 11.8 Å². The standard InChI is InChI=1S/C15H22BrNO2S/c1-11(2)12(3)17-15(18)10-20-9-8-19-14-6-4-13(16)5-7-14/h4-7,11-12H,8-10H2,1-3H3,(H,17,18). The fraction of sp³-hybridized carbons (Fsp3) is 0.533. The van der Waals surface area contributed by atoms with Crippen LogP contribution in [0.3, 0.4) is 0 Å². The third kappa shape index (κ3) is 7.20. The summed E-state index contributed by atoms with van der Waals surface area (Å²) in [7, 11) is 0. The molecule has 0 saturated carbocycles. The minimum Gasteiger partial charge on any atom is -0.493 e. The summed E-state index contributed by atoms with van der Waals surface area (Å²) in [4.78, 5) is 11.7. The first-order valence-electron chi connectivity index (χ1n) is 6.74. The van der Waals surface area contributed by atoms with Gasteiger partial charge in [-0.25, -0.2) is 0 Å². The van der Waals surface area contributed by atoms with Crippen LogP contribution in [-0.2, 0) is 4.79 Å². The van der Waals surface area contributed by atoms with Gasteiger partial charge in [0.05, 0.1) is 12.4 Å². The van der Waals surface area contributed by atoms with Gasteiger partial charge in [-0.05, 0) is 37.1 Å². The predicted octanol–water partition coefficient (Wildman–Crippen LogP) is 3.72. The molecule has 1 N–H and O–H groups in total. The summed E-state index contributed by atoms with van der Waals surface area (Å²) in [6, 6.07) is 7.96. The number of benzene rings is 1. The fourth-order valence-corrected chi connectivity index (χ4v) is 2.25. The van der Waals surface area contributed by atoms with E-state index in [-0.39, 0.29) is 11.9 Å². The van der Waals surface area contributed by atoms with Gasteiger partial charge in [-0.15, -0.1) is 11.8 Å². The largest absolute Gasteiger partial charge is 0.493 e. The summed E-state index contributed by atoms with van der Waals surface area (Å²) in [5.74, 6) is 2.71. The molecule has 1 aromatic rings. The maximum Gasteiger partial charge on any atom is 0.230 e. The van der Waals surface area contributed by atoms with E-state index in [9.17, 15) is 4.79 Å². The number of hydrogen-bond acceptors (Lipinski definition) is 3. The molecule has 0 spiro atoms. The van der Waals surface area contributed by atoms with Gasteiger partial charge in [0, 0.05) is 16.3 Å². The Hall–Kier alpha value is -0.680. The van der Waals surface area contributed by atoms with Crippen molar-refractivity contribution < 1.29 is 9.53 Å². The maximum atomic E-state index is 11.7. The van der Waals surface area contributed by atoms with Crippen LogP contribution in [0.15, 0.2) is 28.7 Å². The van der Waals surface area contributed by atoms with E-state index in [4.69, 9.17) is 4.74 Å². The summed E-state index contributed by atoms with van der Waals surface area (Å²) in [6.07, 6.45) is 0. The van der Waals surface area contributed by atoms with Gasteiger partial charge in [0.1, 0.15) is 5.75 Å². The molecule has 1 unspecified atom stereocenters. The van der Waals surface area contributed by atoms with E-state index in [1.807, 2.05) is 31.2 Å². The third-order valence-electron chi connectivity index (χ3n) is 2.93. The van der Waals surface area contributed by atoms with Crippen LogP contribution in [0.5, 0.6) is 5.75 Å². The van der Waals surface area contributed by atoms with Crippen molar-refractivity contribution in [1.82, 2.24) is 5.32 Å². The molecule has 1 atom stereocenters. The van der Waals surface area contributed by atoms with Gasteiger partial charge < -0.3 is 10.1 Å². The van der Waals surface area contributed by atoms with Crippen LogP contribution >= 0.6 is 27.7 Å². The molecule has 3 nitrogen and oxygen atoms in total. The average Bonchev–Trinajstić information content (AvgIpc) is 2.40. The van der Waals surface area contributed by atoms with Crippen molar-refractivity contribution in [3.63, 3.8) is 0 Å². The Labute approximate surface area is 134 Å². The lowest BCUT2D eigenvalue weighted by molar-refractivity contribution is -0.119. The Morgan fingerprint density at radius 3 is 2.55 bits per heavy atom. The molecule has 0 fully saturated rings. The van der Waals surface area contributed by atoms with Gasteiger partial charge in [0.25, 0.3) is 0 Å². The molecule has 0 saturated heterocycles. The third-order valence-corrected chi connectivity index (χ3v) is 4.38. The van der Waals surface area contributed by atoms with Crippen LogP contribution in [0.2, 0.25) is 0 Å². The number of halogens is 1. The average molecular weight is 360 g/mol. The molecule has 0 aliphatic carbocycles. The van der Waals surface area contributed by atoms with E-state index in [2.05, 4.69) is 35.1 Å². The number of hydrogen-bond donors (Lipinski definition) is 1. The second kappa shape index (κ2) is 9.29. The molecule has 0 aliphatic heterocycles. The Bertz CT molecular complexity index is 409. The fourth-order valence-electron chi connectivity index (χ4n) is 1.38. The van der Waals surface area contributed by atoms with Crippen LogP contribution in [0.25, 0.3) is 0 Å². The number of thioether (sulfide) groups is 1. The number of nitrogens with one attached hydrogen (secondary N) is 1. The molecule has 1 amide bonds. The molecule has 1 aromatic carbocycles. The van der Waals surface area contributed by atoms with Gasteiger partial charge in [0.2, 0.25) is 5.91 Å². The molecule has 20 heavy (non-hydrogen) atoms. The van der Waals surface area contributed by atoms with Gasteiger partial charge in [-0.1, -0.05) is 29.8 Å². The Balaban J connectivity index is 2.10. The molecule has 0 aromatic heterocycles. The van der Waals surface area contributed by atoms with Gasteiger partial charge >= 0.3 is 0 Å². The smallest absolute Gasteiger partial charge is 0.230 e. The first-order valence-corrected chi connectivity index (χ1v) is 8.69. The van der Waals surface area contributed by atoms with Crippen LogP contribution in [0.4, 0.5) is 0 Å². The zero-order valence-corrected chi connectivity index (χ0v) is 14.6. The SMILES string of the molecule is CC(C)C(C)NC(=O)CSCCOc1ccc(Br)cc1. The van der Waals surface area contributed by atoms with Crippen LogP contribution in [-0.4, -0.2) is 30.1 Å². The summed E-state index contributed by atoms with van der Waals surface area (Å²) in [5, 5.41) is 2.99. The second-order valence-electron chi connectivity index (χ2n) is 4.96. The van der Waals surface area contributed by atoms with E-state index in [0.717, 1.165) is 16.0 Å². The highest BCUT2D eigenvalue weighted by Gasteiger charge is 2.10. The second-order valence-corrected chi connectivity index (χ2v) is 6.98. The molecular formula is C15H22BrNO2S. The normalized spacial score (nSPS) is 12.2. The van der Waals surface area contributed by atoms with E-state index in [0.29, 0.717) is 18.3 Å². The van der Waals surface area contributed by atoms with Crippen molar-refractivity contribution in [2.45, 2.75) is 26.8 Å². The van der Waals surface area contributed by atoms with Crippen molar-refractivity contribution in [2.75, 3.05) is 18.1 Å². The Kier molecular flexibility index (Phi) is 8.07. The van der Waals surface area contributed by atoms with E-state index in [1.165, 1.54) is 0 Å². The van der Waals surface area contributed by atoms with Gasteiger partial charge in [-0.3, -0.25) is 4.79 Å². The molecule has 1 rings (SSSR count). The summed E-state index contributed by atoms with van der Waals surface area (Å²) in [6.45, 7) is 6.84. The molecule has 0 heterocycles. The number of amides is 1. The lowest BCUT2D eigenvalue weighted by Crippen LogP contribution is -2.37. The lowest BCUT2D eigenvalue weighted by Gasteiger charge is -2.17. The van der Waals surface area contributed by atoms with Gasteiger partial charge in [0.15, 0.2) is 0 Å². The highest BCUT2D eigenvalue weighted by Crippen LogP contribution is 2.16. The zero-order chi connectivity index (χ0) is 15.0. The van der Waals surface area contributed by atoms with Crippen molar-refractivity contribution in [2.24, 2.45) is 5.92 Å². The molecular weight excluding hydrogens is 338 g/mol. The predicted molar refractivity (Wildman–Crippen MR) is 89.4 cm³/mol. The van der Waals surface area contributed by atoms with Crippen LogP contribution < -0.4 is 10.1 Å². The maximum absolute atomic E-state index is 11.7. The molecule has 5 heteroatoms. The number of carbonyl (C=O) groups is 1. The van der Waals surface area contributed by atoms with Crippen molar-refractivity contribution in [3.05, 3.63) is 28.7 Å². The molecule has 0 radical (unpaired) electrons. The van der Waals surface area contributed by atoms with Crippen LogP contribution in [0.1, 0.15) is 20.8 Å². The topological polar surface area (TPSA) is 38.3 Å². The number of ether oxygens (including phenoxy) is 1. The number of carbonyl (C=O) groups excluding carboxylic acids is 1. The summed E-state index contributed by atoms with van der Waals surface area (Å²) >= 11 is 4.97. The molecule has 0 aliphatic rings. The highest BCUT2D eigenvalue weighted by molar-refractivity contribution is 9.10. The summed E-state index contributed by atoms with van der Waals surface area (Å²) < 4.78 is 6.63. The minimum atomic E-state index is 0.0971. The quantitative estimate of drug-likeness (QED) is 0.718. The van der Waals surface area contributed by atoms with Gasteiger partial charge in [-0.2, -0.15) is 0 Å². The molecule has 0 bridgehead atoms. The van der Waals surface area contributed by atoms with Crippen molar-refractivity contribution >= 4 is 33.6 Å².